The zero-order valence-corrected chi connectivity index (χ0v) is 11.8. The van der Waals surface area contributed by atoms with E-state index in [0.717, 1.165) is 16.8 Å². The summed E-state index contributed by atoms with van der Waals surface area (Å²) in [6.07, 6.45) is 1.69. The van der Waals surface area contributed by atoms with Crippen LogP contribution in [0.25, 0.3) is 0 Å². The van der Waals surface area contributed by atoms with E-state index in [1.54, 1.807) is 12.3 Å². The van der Waals surface area contributed by atoms with Crippen molar-refractivity contribution in [1.82, 2.24) is 10.4 Å². The lowest BCUT2D eigenvalue weighted by molar-refractivity contribution is 0.0954. The third-order valence-corrected chi connectivity index (χ3v) is 3.13. The summed E-state index contributed by atoms with van der Waals surface area (Å²) in [5.41, 5.74) is 6.82. The van der Waals surface area contributed by atoms with Gasteiger partial charge in [-0.3, -0.25) is 9.78 Å². The smallest absolute Gasteiger partial charge is 0.267 e. The number of aromatic nitrogens is 1. The van der Waals surface area contributed by atoms with Crippen molar-refractivity contribution >= 4 is 11.6 Å². The fraction of sp³-hybridized carbons (Fsp3) is 0.188. The molecule has 0 fully saturated rings. The lowest BCUT2D eigenvalue weighted by atomic mass is 10.1. The maximum Gasteiger partial charge on any atom is 0.271 e. The Balaban J connectivity index is 2.10. The van der Waals surface area contributed by atoms with Crippen molar-refractivity contribution in [3.05, 3.63) is 65.0 Å². The van der Waals surface area contributed by atoms with Crippen molar-refractivity contribution in [2.75, 3.05) is 0 Å². The Morgan fingerprint density at radius 3 is 2.60 bits per heavy atom. The van der Waals surface area contributed by atoms with Gasteiger partial charge in [0.05, 0.1) is 11.4 Å². The van der Waals surface area contributed by atoms with Crippen molar-refractivity contribution in [3.8, 4) is 0 Å². The van der Waals surface area contributed by atoms with Gasteiger partial charge in [0, 0.05) is 11.8 Å². The molecule has 0 unspecified atom stereocenters. The molecule has 0 spiro atoms. The molecule has 4 nitrogen and oxygen atoms in total. The third-order valence-electron chi connectivity index (χ3n) is 3.13. The highest BCUT2D eigenvalue weighted by atomic mass is 16.2. The van der Waals surface area contributed by atoms with Crippen LogP contribution in [-0.4, -0.2) is 16.6 Å². The fourth-order valence-corrected chi connectivity index (χ4v) is 1.72. The first kappa shape index (κ1) is 13.9. The first-order valence-electron chi connectivity index (χ1n) is 6.41. The molecular weight excluding hydrogens is 250 g/mol. The van der Waals surface area contributed by atoms with E-state index in [1.165, 1.54) is 0 Å². The van der Waals surface area contributed by atoms with E-state index in [9.17, 15) is 4.79 Å². The van der Waals surface area contributed by atoms with E-state index in [4.69, 9.17) is 0 Å². The highest BCUT2D eigenvalue weighted by molar-refractivity contribution is 5.99. The Hall–Kier alpha value is -2.49. The standard InChI is InChI=1S/C16H17N3O/c1-11-7-8-14(10-12(11)2)16(20)19-18-13(3)15-6-4-5-9-17-15/h4-10H,1-3H3,(H,19,20). The first-order chi connectivity index (χ1) is 9.58. The number of benzene rings is 1. The Labute approximate surface area is 118 Å². The number of hydrazone groups is 1. The first-order valence-corrected chi connectivity index (χ1v) is 6.41. The quantitative estimate of drug-likeness (QED) is 0.686. The summed E-state index contributed by atoms with van der Waals surface area (Å²) < 4.78 is 0. The molecule has 0 aliphatic carbocycles. The molecule has 1 aromatic heterocycles. The number of pyridine rings is 1. The van der Waals surface area contributed by atoms with E-state index in [0.29, 0.717) is 11.3 Å². The molecule has 0 aliphatic rings. The van der Waals surface area contributed by atoms with Gasteiger partial charge in [0.1, 0.15) is 0 Å². The molecule has 1 aromatic carbocycles. The second-order valence-electron chi connectivity index (χ2n) is 4.65. The van der Waals surface area contributed by atoms with Crippen LogP contribution < -0.4 is 5.43 Å². The van der Waals surface area contributed by atoms with Crippen LogP contribution in [0, 0.1) is 13.8 Å². The van der Waals surface area contributed by atoms with Gasteiger partial charge in [-0.25, -0.2) is 5.43 Å². The van der Waals surface area contributed by atoms with E-state index in [1.807, 2.05) is 51.1 Å². The average Bonchev–Trinajstić information content (AvgIpc) is 2.48. The molecule has 1 heterocycles. The fourth-order valence-electron chi connectivity index (χ4n) is 1.72. The van der Waals surface area contributed by atoms with E-state index >= 15 is 0 Å². The Morgan fingerprint density at radius 2 is 1.95 bits per heavy atom. The molecule has 102 valence electrons. The van der Waals surface area contributed by atoms with Gasteiger partial charge in [-0.15, -0.1) is 0 Å². The predicted octanol–water partition coefficient (Wildman–Crippen LogP) is 2.85. The molecule has 2 aromatic rings. The number of carbonyl (C=O) groups is 1. The second kappa shape index (κ2) is 6.10. The number of nitrogens with one attached hydrogen (secondary N) is 1. The second-order valence-corrected chi connectivity index (χ2v) is 4.65. The molecular formula is C16H17N3O. The highest BCUT2D eigenvalue weighted by Crippen LogP contribution is 2.09. The summed E-state index contributed by atoms with van der Waals surface area (Å²) in [7, 11) is 0. The van der Waals surface area contributed by atoms with Gasteiger partial charge >= 0.3 is 0 Å². The Kier molecular flexibility index (Phi) is 4.25. The summed E-state index contributed by atoms with van der Waals surface area (Å²) in [6, 6.07) is 11.1. The number of amides is 1. The number of hydrogen-bond acceptors (Lipinski definition) is 3. The SMILES string of the molecule is CC(=NNC(=O)c1ccc(C)c(C)c1)c1ccccn1. The van der Waals surface area contributed by atoms with Crippen LogP contribution in [0.5, 0.6) is 0 Å². The summed E-state index contributed by atoms with van der Waals surface area (Å²) in [4.78, 5) is 16.2. The normalized spacial score (nSPS) is 11.2. The summed E-state index contributed by atoms with van der Waals surface area (Å²) in [6.45, 7) is 5.80. The molecule has 0 radical (unpaired) electrons. The number of hydrogen-bond donors (Lipinski definition) is 1. The van der Waals surface area contributed by atoms with Gasteiger partial charge in [-0.2, -0.15) is 5.10 Å². The molecule has 0 atom stereocenters. The highest BCUT2D eigenvalue weighted by Gasteiger charge is 2.06. The van der Waals surface area contributed by atoms with Crippen LogP contribution in [-0.2, 0) is 0 Å². The molecule has 20 heavy (non-hydrogen) atoms. The van der Waals surface area contributed by atoms with E-state index < -0.39 is 0 Å². The number of nitrogens with zero attached hydrogens (tertiary/aromatic N) is 2. The zero-order valence-electron chi connectivity index (χ0n) is 11.8. The van der Waals surface area contributed by atoms with Crippen molar-refractivity contribution in [3.63, 3.8) is 0 Å². The van der Waals surface area contributed by atoms with Crippen molar-refractivity contribution in [2.45, 2.75) is 20.8 Å². The van der Waals surface area contributed by atoms with Crippen LogP contribution in [0.1, 0.15) is 34.1 Å². The molecule has 4 heteroatoms. The molecule has 0 saturated carbocycles. The van der Waals surface area contributed by atoms with Gasteiger partial charge < -0.3 is 0 Å². The van der Waals surface area contributed by atoms with Gasteiger partial charge in [0.25, 0.3) is 5.91 Å². The third kappa shape index (κ3) is 3.29. The Morgan fingerprint density at radius 1 is 1.15 bits per heavy atom. The van der Waals surface area contributed by atoms with Gasteiger partial charge in [0.15, 0.2) is 0 Å². The van der Waals surface area contributed by atoms with Crippen molar-refractivity contribution < 1.29 is 4.79 Å². The van der Waals surface area contributed by atoms with E-state index in [-0.39, 0.29) is 5.91 Å². The number of rotatable bonds is 3. The molecule has 0 bridgehead atoms. The van der Waals surface area contributed by atoms with Gasteiger partial charge in [-0.1, -0.05) is 12.1 Å². The summed E-state index contributed by atoms with van der Waals surface area (Å²) in [5, 5.41) is 4.08. The summed E-state index contributed by atoms with van der Waals surface area (Å²) >= 11 is 0. The topological polar surface area (TPSA) is 54.4 Å². The van der Waals surface area contributed by atoms with Crippen LogP contribution in [0.15, 0.2) is 47.7 Å². The molecule has 1 amide bonds. The largest absolute Gasteiger partial charge is 0.271 e. The number of aryl methyl sites for hydroxylation is 2. The van der Waals surface area contributed by atoms with Gasteiger partial charge in [-0.05, 0) is 56.2 Å². The minimum absolute atomic E-state index is 0.219. The summed E-state index contributed by atoms with van der Waals surface area (Å²) in [5.74, 6) is -0.219. The zero-order chi connectivity index (χ0) is 14.5. The van der Waals surface area contributed by atoms with Crippen LogP contribution in [0.3, 0.4) is 0 Å². The lowest BCUT2D eigenvalue weighted by Crippen LogP contribution is -2.19. The van der Waals surface area contributed by atoms with Crippen molar-refractivity contribution in [1.29, 1.82) is 0 Å². The van der Waals surface area contributed by atoms with Crippen LogP contribution >= 0.6 is 0 Å². The molecule has 2 rings (SSSR count). The number of carbonyl (C=O) groups excluding carboxylic acids is 1. The maximum atomic E-state index is 12.0. The minimum atomic E-state index is -0.219. The maximum absolute atomic E-state index is 12.0. The minimum Gasteiger partial charge on any atom is -0.267 e. The van der Waals surface area contributed by atoms with Crippen LogP contribution in [0.2, 0.25) is 0 Å². The monoisotopic (exact) mass is 267 g/mol. The average molecular weight is 267 g/mol. The van der Waals surface area contributed by atoms with Crippen LogP contribution in [0.4, 0.5) is 0 Å². The Bertz CT molecular complexity index is 648. The lowest BCUT2D eigenvalue weighted by Gasteiger charge is -2.05. The molecule has 0 aliphatic heterocycles. The van der Waals surface area contributed by atoms with E-state index in [2.05, 4.69) is 15.5 Å². The molecule has 1 N–H and O–H groups in total. The molecule has 0 saturated heterocycles. The van der Waals surface area contributed by atoms with Crippen molar-refractivity contribution in [2.24, 2.45) is 5.10 Å². The predicted molar refractivity (Wildman–Crippen MR) is 79.8 cm³/mol. The van der Waals surface area contributed by atoms with Gasteiger partial charge in [0.2, 0.25) is 0 Å².